The minimum Gasteiger partial charge on any atom is -0.497 e. The first-order chi connectivity index (χ1) is 13.6. The predicted molar refractivity (Wildman–Crippen MR) is 101 cm³/mol. The van der Waals surface area contributed by atoms with Crippen LogP contribution in [-0.4, -0.2) is 39.9 Å². The maximum atomic E-state index is 13.1. The summed E-state index contributed by atoms with van der Waals surface area (Å²) < 4.78 is 57.8. The number of amides is 2. The highest BCUT2D eigenvalue weighted by atomic mass is 32.2. The quantitative estimate of drug-likeness (QED) is 0.589. The molecule has 0 aromatic heterocycles. The van der Waals surface area contributed by atoms with E-state index in [2.05, 4.69) is 15.4 Å². The SMILES string of the molecule is COc1ccc(S(=O)(=O)N[C@@H](C)C(=O)NCC(=O)Nc2ccc(F)c(F)c2)cc1. The summed E-state index contributed by atoms with van der Waals surface area (Å²) in [5.74, 6) is -3.17. The number of hydrogen-bond donors (Lipinski definition) is 3. The Hall–Kier alpha value is -3.05. The standard InChI is InChI=1S/C18H19F2N3O5S/c1-11(23-29(26,27)14-6-4-13(28-2)5-7-14)18(25)21-10-17(24)22-12-3-8-15(19)16(20)9-12/h3-9,11,23H,10H2,1-2H3,(H,21,25)(H,22,24)/t11-/m0/s1. The molecule has 156 valence electrons. The second kappa shape index (κ2) is 9.43. The normalized spacial score (nSPS) is 12.1. The molecule has 0 radical (unpaired) electrons. The molecule has 2 rings (SSSR count). The molecule has 0 saturated heterocycles. The molecule has 0 aliphatic rings. The summed E-state index contributed by atoms with van der Waals surface area (Å²) in [4.78, 5) is 23.8. The lowest BCUT2D eigenvalue weighted by Gasteiger charge is -2.14. The molecule has 2 aromatic carbocycles. The number of rotatable bonds is 8. The average Bonchev–Trinajstić information content (AvgIpc) is 2.68. The Labute approximate surface area is 166 Å². The van der Waals surface area contributed by atoms with Crippen LogP contribution in [0.2, 0.25) is 0 Å². The van der Waals surface area contributed by atoms with E-state index in [-0.39, 0.29) is 10.6 Å². The first-order valence-electron chi connectivity index (χ1n) is 8.31. The molecule has 3 N–H and O–H groups in total. The first-order valence-corrected chi connectivity index (χ1v) is 9.79. The lowest BCUT2D eigenvalue weighted by atomic mass is 10.3. The molecule has 29 heavy (non-hydrogen) atoms. The summed E-state index contributed by atoms with van der Waals surface area (Å²) in [6.45, 7) is 0.816. The minimum absolute atomic E-state index is 0.0106. The van der Waals surface area contributed by atoms with Crippen molar-refractivity contribution in [3.63, 3.8) is 0 Å². The van der Waals surface area contributed by atoms with Gasteiger partial charge < -0.3 is 15.4 Å². The van der Waals surface area contributed by atoms with E-state index < -0.39 is 46.1 Å². The smallest absolute Gasteiger partial charge is 0.243 e. The van der Waals surface area contributed by atoms with Gasteiger partial charge in [0.05, 0.1) is 24.6 Å². The Morgan fingerprint density at radius 3 is 2.31 bits per heavy atom. The molecule has 0 aliphatic heterocycles. The van der Waals surface area contributed by atoms with E-state index in [1.165, 1.54) is 38.3 Å². The zero-order valence-corrected chi connectivity index (χ0v) is 16.3. The number of methoxy groups -OCH3 is 1. The maximum Gasteiger partial charge on any atom is 0.243 e. The van der Waals surface area contributed by atoms with Gasteiger partial charge >= 0.3 is 0 Å². The summed E-state index contributed by atoms with van der Waals surface area (Å²) in [6.07, 6.45) is 0. The number of benzene rings is 2. The van der Waals surface area contributed by atoms with Crippen LogP contribution >= 0.6 is 0 Å². The van der Waals surface area contributed by atoms with Crippen LogP contribution in [0.4, 0.5) is 14.5 Å². The molecule has 0 aliphatic carbocycles. The van der Waals surface area contributed by atoms with Crippen LogP contribution < -0.4 is 20.1 Å². The highest BCUT2D eigenvalue weighted by molar-refractivity contribution is 7.89. The molecule has 0 unspecified atom stereocenters. The second-order valence-corrected chi connectivity index (χ2v) is 7.63. The van der Waals surface area contributed by atoms with Crippen LogP contribution in [0.1, 0.15) is 6.92 Å². The van der Waals surface area contributed by atoms with Crippen molar-refractivity contribution < 1.29 is 31.5 Å². The van der Waals surface area contributed by atoms with Gasteiger partial charge in [0.15, 0.2) is 11.6 Å². The zero-order valence-electron chi connectivity index (χ0n) is 15.5. The van der Waals surface area contributed by atoms with E-state index >= 15 is 0 Å². The molecule has 2 aromatic rings. The predicted octanol–water partition coefficient (Wildman–Crippen LogP) is 1.40. The lowest BCUT2D eigenvalue weighted by molar-refractivity contribution is -0.125. The molecule has 0 saturated carbocycles. The van der Waals surface area contributed by atoms with Crippen LogP contribution in [0, 0.1) is 11.6 Å². The fourth-order valence-corrected chi connectivity index (χ4v) is 3.41. The summed E-state index contributed by atoms with van der Waals surface area (Å²) in [6, 6.07) is 7.19. The minimum atomic E-state index is -3.97. The van der Waals surface area contributed by atoms with Gasteiger partial charge in [-0.2, -0.15) is 4.72 Å². The number of anilines is 1. The molecule has 8 nitrogen and oxygen atoms in total. The number of hydrogen-bond acceptors (Lipinski definition) is 5. The number of nitrogens with one attached hydrogen (secondary N) is 3. The van der Waals surface area contributed by atoms with E-state index in [1.807, 2.05) is 0 Å². The van der Waals surface area contributed by atoms with Crippen LogP contribution in [0.5, 0.6) is 5.75 Å². The van der Waals surface area contributed by atoms with Gasteiger partial charge in [0.25, 0.3) is 0 Å². The number of ether oxygens (including phenoxy) is 1. The highest BCUT2D eigenvalue weighted by Crippen LogP contribution is 2.16. The van der Waals surface area contributed by atoms with Crippen LogP contribution in [0.3, 0.4) is 0 Å². The Balaban J connectivity index is 1.88. The van der Waals surface area contributed by atoms with E-state index in [0.717, 1.165) is 18.2 Å². The third-order valence-corrected chi connectivity index (χ3v) is 5.28. The van der Waals surface area contributed by atoms with E-state index in [1.54, 1.807) is 0 Å². The number of halogens is 2. The zero-order chi connectivity index (χ0) is 21.6. The largest absolute Gasteiger partial charge is 0.497 e. The van der Waals surface area contributed by atoms with Gasteiger partial charge in [-0.05, 0) is 43.3 Å². The van der Waals surface area contributed by atoms with Gasteiger partial charge in [-0.3, -0.25) is 9.59 Å². The molecule has 0 bridgehead atoms. The van der Waals surface area contributed by atoms with E-state index in [9.17, 15) is 26.8 Å². The molecular formula is C18H19F2N3O5S. The summed E-state index contributed by atoms with van der Waals surface area (Å²) in [7, 11) is -2.53. The lowest BCUT2D eigenvalue weighted by Crippen LogP contribution is -2.46. The average molecular weight is 427 g/mol. The van der Waals surface area contributed by atoms with E-state index in [4.69, 9.17) is 4.74 Å². The van der Waals surface area contributed by atoms with E-state index in [0.29, 0.717) is 5.75 Å². The van der Waals surface area contributed by atoms with Crippen LogP contribution in [0.15, 0.2) is 47.4 Å². The third kappa shape index (κ3) is 6.22. The van der Waals surface area contributed by atoms with Gasteiger partial charge in [-0.1, -0.05) is 0 Å². The van der Waals surface area contributed by atoms with Crippen molar-refractivity contribution >= 4 is 27.5 Å². The van der Waals surface area contributed by atoms with Crippen molar-refractivity contribution in [2.24, 2.45) is 0 Å². The van der Waals surface area contributed by atoms with Gasteiger partial charge in [-0.25, -0.2) is 17.2 Å². The third-order valence-electron chi connectivity index (χ3n) is 3.72. The number of carbonyl (C=O) groups is 2. The monoisotopic (exact) mass is 427 g/mol. The van der Waals surface area contributed by atoms with Crippen LogP contribution in [-0.2, 0) is 19.6 Å². The summed E-state index contributed by atoms with van der Waals surface area (Å²) >= 11 is 0. The Morgan fingerprint density at radius 1 is 1.07 bits per heavy atom. The van der Waals surface area contributed by atoms with Gasteiger partial charge in [0.1, 0.15) is 5.75 Å². The molecule has 1 atom stereocenters. The Kier molecular flexibility index (Phi) is 7.23. The van der Waals surface area contributed by atoms with Crippen molar-refractivity contribution in [3.8, 4) is 5.75 Å². The van der Waals surface area contributed by atoms with Gasteiger partial charge in [0.2, 0.25) is 21.8 Å². The molecule has 2 amide bonds. The topological polar surface area (TPSA) is 114 Å². The molecule has 0 spiro atoms. The van der Waals surface area contributed by atoms with Crippen molar-refractivity contribution in [3.05, 3.63) is 54.1 Å². The molecule has 11 heteroatoms. The first kappa shape index (κ1) is 22.2. The van der Waals surface area contributed by atoms with Crippen molar-refractivity contribution in [1.29, 1.82) is 0 Å². The number of carbonyl (C=O) groups excluding carboxylic acids is 2. The second-order valence-electron chi connectivity index (χ2n) is 5.91. The fourth-order valence-electron chi connectivity index (χ4n) is 2.21. The molecular weight excluding hydrogens is 408 g/mol. The fraction of sp³-hybridized carbons (Fsp3) is 0.222. The number of sulfonamides is 1. The Bertz CT molecular complexity index is 997. The Morgan fingerprint density at radius 2 is 1.72 bits per heavy atom. The highest BCUT2D eigenvalue weighted by Gasteiger charge is 2.22. The van der Waals surface area contributed by atoms with Crippen molar-refractivity contribution in [2.45, 2.75) is 17.9 Å². The summed E-state index contributed by atoms with van der Waals surface area (Å²) in [5.41, 5.74) is 0.0106. The van der Waals surface area contributed by atoms with Crippen molar-refractivity contribution in [1.82, 2.24) is 10.0 Å². The van der Waals surface area contributed by atoms with Crippen LogP contribution in [0.25, 0.3) is 0 Å². The van der Waals surface area contributed by atoms with Crippen molar-refractivity contribution in [2.75, 3.05) is 19.0 Å². The maximum absolute atomic E-state index is 13.1. The molecule has 0 fully saturated rings. The van der Waals surface area contributed by atoms with Gasteiger partial charge in [0, 0.05) is 11.8 Å². The summed E-state index contributed by atoms with van der Waals surface area (Å²) in [5, 5.41) is 4.53. The molecule has 0 heterocycles. The van der Waals surface area contributed by atoms with Gasteiger partial charge in [-0.15, -0.1) is 0 Å².